The molecule has 1 rings (SSSR count). The standard InChI is InChI=1S/C17H29N4O4.CH4O/c1-12(2)21(13(3)4)17(23)25-14(5)20-9-6-7-15(11-20)16(22)19-8-10-24-18;1-2/h6-7,9,11-14H,8,10H2,1-5,18H3;2H,1H3/q+1;/p+1. The van der Waals surface area contributed by atoms with Crippen molar-refractivity contribution in [2.24, 2.45) is 0 Å². The van der Waals surface area contributed by atoms with Gasteiger partial charge >= 0.3 is 12.3 Å². The minimum atomic E-state index is -0.538. The summed E-state index contributed by atoms with van der Waals surface area (Å²) in [5.74, 6) is 3.03. The number of quaternary nitrogens is 1. The number of aliphatic hydroxyl groups is 1. The van der Waals surface area contributed by atoms with Crippen LogP contribution in [-0.2, 0) is 9.57 Å². The maximum absolute atomic E-state index is 12.4. The number of carbonyl (C=O) groups is 2. The molecule has 0 aliphatic rings. The summed E-state index contributed by atoms with van der Waals surface area (Å²) >= 11 is 0. The smallest absolute Gasteiger partial charge is 0.400 e. The fourth-order valence-electron chi connectivity index (χ4n) is 2.48. The average molecular weight is 386 g/mol. The van der Waals surface area contributed by atoms with E-state index >= 15 is 0 Å². The summed E-state index contributed by atoms with van der Waals surface area (Å²) in [6.45, 7) is 10.2. The lowest BCUT2D eigenvalue weighted by atomic mass is 10.2. The van der Waals surface area contributed by atoms with Crippen LogP contribution in [-0.4, -0.2) is 54.4 Å². The van der Waals surface area contributed by atoms with E-state index in [1.165, 1.54) is 0 Å². The van der Waals surface area contributed by atoms with Crippen LogP contribution in [0.25, 0.3) is 0 Å². The number of aliphatic hydroxyl groups excluding tert-OH is 1. The second kappa shape index (κ2) is 13.0. The zero-order chi connectivity index (χ0) is 21.0. The van der Waals surface area contributed by atoms with Gasteiger partial charge in [0.25, 0.3) is 5.91 Å². The van der Waals surface area contributed by atoms with Crippen LogP contribution in [0, 0.1) is 0 Å². The average Bonchev–Trinajstić information content (AvgIpc) is 2.62. The van der Waals surface area contributed by atoms with Gasteiger partial charge in [0, 0.05) is 38.7 Å². The van der Waals surface area contributed by atoms with Gasteiger partial charge in [0.1, 0.15) is 12.2 Å². The summed E-state index contributed by atoms with van der Waals surface area (Å²) < 4.78 is 7.23. The molecule has 27 heavy (non-hydrogen) atoms. The molecule has 0 saturated carbocycles. The van der Waals surface area contributed by atoms with Gasteiger partial charge in [-0.15, -0.1) is 0 Å². The molecule has 0 aromatic carbocycles. The van der Waals surface area contributed by atoms with E-state index in [0.29, 0.717) is 18.7 Å². The van der Waals surface area contributed by atoms with Crippen LogP contribution in [0.15, 0.2) is 24.5 Å². The van der Waals surface area contributed by atoms with Gasteiger partial charge in [-0.3, -0.25) is 4.79 Å². The Morgan fingerprint density at radius 1 is 1.22 bits per heavy atom. The van der Waals surface area contributed by atoms with E-state index in [1.54, 1.807) is 40.9 Å². The number of ether oxygens (including phenoxy) is 1. The largest absolute Gasteiger partial charge is 0.415 e. The zero-order valence-electron chi connectivity index (χ0n) is 17.1. The lowest BCUT2D eigenvalue weighted by molar-refractivity contribution is -0.753. The Morgan fingerprint density at radius 3 is 2.33 bits per heavy atom. The first-order valence-electron chi connectivity index (χ1n) is 8.87. The maximum Gasteiger partial charge on any atom is 0.415 e. The van der Waals surface area contributed by atoms with Crippen molar-refractivity contribution in [3.8, 4) is 0 Å². The van der Waals surface area contributed by atoms with E-state index in [9.17, 15) is 9.59 Å². The van der Waals surface area contributed by atoms with Gasteiger partial charge in [-0.25, -0.2) is 15.5 Å². The Bertz CT molecular complexity index is 573. The normalized spacial score (nSPS) is 11.5. The summed E-state index contributed by atoms with van der Waals surface area (Å²) in [4.78, 5) is 30.8. The van der Waals surface area contributed by atoms with E-state index < -0.39 is 6.23 Å². The van der Waals surface area contributed by atoms with Crippen LogP contribution in [0.1, 0.15) is 51.2 Å². The molecule has 1 aromatic heterocycles. The van der Waals surface area contributed by atoms with E-state index in [-0.39, 0.29) is 24.1 Å². The Hall–Kier alpha value is -2.23. The molecule has 1 aromatic rings. The molecule has 0 bridgehead atoms. The molecule has 5 N–H and O–H groups in total. The summed E-state index contributed by atoms with van der Waals surface area (Å²) in [6, 6.07) is 3.51. The van der Waals surface area contributed by atoms with Crippen molar-refractivity contribution in [1.82, 2.24) is 10.2 Å². The van der Waals surface area contributed by atoms with Crippen molar-refractivity contribution in [2.75, 3.05) is 20.3 Å². The number of amides is 2. The molecule has 154 valence electrons. The first-order chi connectivity index (χ1) is 12.8. The quantitative estimate of drug-likeness (QED) is 0.336. The predicted molar refractivity (Wildman–Crippen MR) is 99.3 cm³/mol. The van der Waals surface area contributed by atoms with E-state index in [2.05, 4.69) is 16.1 Å². The predicted octanol–water partition coefficient (Wildman–Crippen LogP) is 0.260. The first kappa shape index (κ1) is 24.8. The van der Waals surface area contributed by atoms with E-state index in [4.69, 9.17) is 9.84 Å². The zero-order valence-corrected chi connectivity index (χ0v) is 17.1. The molecule has 9 nitrogen and oxygen atoms in total. The highest BCUT2D eigenvalue weighted by Crippen LogP contribution is 2.11. The second-order valence-corrected chi connectivity index (χ2v) is 6.28. The fourth-order valence-corrected chi connectivity index (χ4v) is 2.48. The fraction of sp³-hybridized carbons (Fsp3) is 0.611. The van der Waals surface area contributed by atoms with Crippen LogP contribution in [0.4, 0.5) is 4.79 Å². The van der Waals surface area contributed by atoms with Gasteiger partial charge in [0.15, 0.2) is 12.4 Å². The monoisotopic (exact) mass is 386 g/mol. The van der Waals surface area contributed by atoms with Crippen LogP contribution in [0.5, 0.6) is 0 Å². The maximum atomic E-state index is 12.4. The first-order valence-corrected chi connectivity index (χ1v) is 8.87. The number of hydrogen-bond acceptors (Lipinski definition) is 5. The molecule has 0 fully saturated rings. The number of rotatable bonds is 8. The Kier molecular flexibility index (Phi) is 11.9. The molecule has 1 unspecified atom stereocenters. The minimum Gasteiger partial charge on any atom is -0.400 e. The summed E-state index contributed by atoms with van der Waals surface area (Å²) in [6.07, 6.45) is 2.48. The Labute approximate surface area is 161 Å². The molecule has 1 heterocycles. The van der Waals surface area contributed by atoms with Crippen LogP contribution < -0.4 is 15.8 Å². The molecule has 2 amide bonds. The summed E-state index contributed by atoms with van der Waals surface area (Å²) in [7, 11) is 1.00. The molecular formula is C18H34N4O5+2. The lowest BCUT2D eigenvalue weighted by Crippen LogP contribution is -2.50. The highest BCUT2D eigenvalue weighted by atomic mass is 16.6. The van der Waals surface area contributed by atoms with Gasteiger partial charge in [0.05, 0.1) is 0 Å². The van der Waals surface area contributed by atoms with Gasteiger partial charge in [-0.2, -0.15) is 4.57 Å². The molecule has 0 aliphatic heterocycles. The third kappa shape index (κ3) is 8.33. The van der Waals surface area contributed by atoms with E-state index in [1.807, 2.05) is 27.7 Å². The second-order valence-electron chi connectivity index (χ2n) is 6.28. The van der Waals surface area contributed by atoms with Crippen molar-refractivity contribution in [1.29, 1.82) is 0 Å². The number of aromatic nitrogens is 1. The molecule has 9 heteroatoms. The van der Waals surface area contributed by atoms with Crippen molar-refractivity contribution in [2.45, 2.75) is 52.9 Å². The molecule has 0 spiro atoms. The molecule has 0 aliphatic carbocycles. The number of carbonyl (C=O) groups excluding carboxylic acids is 2. The SMILES string of the molecule is CC(C)N(C(=O)OC(C)[n+]1cccc(C(=O)NCCO[NH3+])c1)C(C)C.CO. The lowest BCUT2D eigenvalue weighted by Gasteiger charge is -2.29. The van der Waals surface area contributed by atoms with Crippen LogP contribution in [0.2, 0.25) is 0 Å². The van der Waals surface area contributed by atoms with Gasteiger partial charge in [-0.05, 0) is 33.8 Å². The van der Waals surface area contributed by atoms with Crippen LogP contribution >= 0.6 is 0 Å². The van der Waals surface area contributed by atoms with Crippen molar-refractivity contribution >= 4 is 12.0 Å². The van der Waals surface area contributed by atoms with Crippen molar-refractivity contribution < 1.29 is 34.7 Å². The number of nitrogens with one attached hydrogen (secondary N) is 1. The molecular weight excluding hydrogens is 352 g/mol. The van der Waals surface area contributed by atoms with Crippen LogP contribution in [0.3, 0.4) is 0 Å². The molecule has 0 radical (unpaired) electrons. The Morgan fingerprint density at radius 2 is 1.81 bits per heavy atom. The van der Waals surface area contributed by atoms with E-state index in [0.717, 1.165) is 7.11 Å². The number of hydrogen-bond donors (Lipinski definition) is 3. The molecule has 0 saturated heterocycles. The topological polar surface area (TPSA) is 120 Å². The molecule has 1 atom stereocenters. The highest BCUT2D eigenvalue weighted by molar-refractivity contribution is 5.93. The third-order valence-corrected chi connectivity index (χ3v) is 3.63. The minimum absolute atomic E-state index is 0.0390. The number of pyridine rings is 1. The highest BCUT2D eigenvalue weighted by Gasteiger charge is 2.26. The Balaban J connectivity index is 0.00000326. The number of nitrogens with zero attached hydrogens (tertiary/aromatic N) is 2. The summed E-state index contributed by atoms with van der Waals surface area (Å²) in [5.41, 5.74) is 0.471. The van der Waals surface area contributed by atoms with Gasteiger partial charge in [0.2, 0.25) is 0 Å². The third-order valence-electron chi connectivity index (χ3n) is 3.63. The van der Waals surface area contributed by atoms with Gasteiger partial charge in [-0.1, -0.05) is 0 Å². The van der Waals surface area contributed by atoms with Crippen molar-refractivity contribution in [3.05, 3.63) is 30.1 Å². The van der Waals surface area contributed by atoms with Gasteiger partial charge < -0.3 is 20.1 Å². The van der Waals surface area contributed by atoms with Crippen molar-refractivity contribution in [3.63, 3.8) is 0 Å². The summed E-state index contributed by atoms with van der Waals surface area (Å²) in [5, 5.41) is 9.72.